The van der Waals surface area contributed by atoms with Crippen molar-refractivity contribution in [2.45, 2.75) is 76.7 Å². The van der Waals surface area contributed by atoms with E-state index >= 15 is 0 Å². The zero-order valence-corrected chi connectivity index (χ0v) is 22.2. The third-order valence-corrected chi connectivity index (χ3v) is 6.52. The summed E-state index contributed by atoms with van der Waals surface area (Å²) >= 11 is 5.89. The zero-order chi connectivity index (χ0) is 25.8. The van der Waals surface area contributed by atoms with Gasteiger partial charge in [-0.1, -0.05) is 37.8 Å². The van der Waals surface area contributed by atoms with E-state index in [0.29, 0.717) is 11.4 Å². The monoisotopic (exact) mass is 523 g/mol. The Kier molecular flexibility index (Phi) is 13.6. The number of phosphoric ester groups is 1. The molecule has 34 heavy (non-hydrogen) atoms. The number of quaternary nitrogens is 1. The van der Waals surface area contributed by atoms with Crippen LogP contribution in [0.15, 0.2) is 24.3 Å². The van der Waals surface area contributed by atoms with Gasteiger partial charge < -0.3 is 24.3 Å². The van der Waals surface area contributed by atoms with Gasteiger partial charge in [-0.15, -0.1) is 0 Å². The average molecular weight is 524 g/mol. The summed E-state index contributed by atoms with van der Waals surface area (Å²) in [6.45, 7) is 2.07. The number of likely N-dealkylation sites (N-methyl/N-ethyl adjacent to an activating group) is 1. The maximum atomic E-state index is 12.4. The highest BCUT2D eigenvalue weighted by atomic mass is 35.5. The maximum Gasteiger partial charge on any atom is 0.472 e. The van der Waals surface area contributed by atoms with E-state index in [1.807, 2.05) is 12.1 Å². The van der Waals surface area contributed by atoms with Gasteiger partial charge in [0, 0.05) is 11.3 Å². The molecule has 1 aromatic carbocycles. The normalized spacial score (nSPS) is 16.4. The predicted octanol–water partition coefficient (Wildman–Crippen LogP) is 4.21. The summed E-state index contributed by atoms with van der Waals surface area (Å²) < 4.78 is 27.9. The van der Waals surface area contributed by atoms with Gasteiger partial charge in [0.15, 0.2) is 0 Å². The molecule has 1 rings (SSSR count). The largest absolute Gasteiger partial charge is 0.804 e. The lowest BCUT2D eigenvalue weighted by Gasteiger charge is -2.42. The molecule has 0 bridgehead atoms. The molecule has 1 aromatic rings. The van der Waals surface area contributed by atoms with Gasteiger partial charge in [-0.25, -0.2) is 4.57 Å². The van der Waals surface area contributed by atoms with Gasteiger partial charge in [0.05, 0.1) is 40.3 Å². The van der Waals surface area contributed by atoms with Gasteiger partial charge in [-0.05, 0) is 49.9 Å². The molecule has 0 heterocycles. The van der Waals surface area contributed by atoms with Crippen LogP contribution in [0.4, 0.5) is 0 Å². The summed E-state index contributed by atoms with van der Waals surface area (Å²) in [7, 11) is 0.142. The molecule has 0 spiro atoms. The van der Waals surface area contributed by atoms with Crippen LogP contribution in [0.1, 0.15) is 58.3 Å². The van der Waals surface area contributed by atoms with Gasteiger partial charge in [-0.2, -0.15) is 0 Å². The quantitative estimate of drug-likeness (QED) is 0.127. The molecule has 196 valence electrons. The van der Waals surface area contributed by atoms with Gasteiger partial charge in [0.2, 0.25) is 0 Å². The number of aliphatic carboxylic acids is 1. The van der Waals surface area contributed by atoms with Crippen LogP contribution in [-0.2, 0) is 18.4 Å². The number of ether oxygens (including phenoxy) is 1. The molecule has 0 aromatic heterocycles. The molecule has 11 heteroatoms. The van der Waals surface area contributed by atoms with Crippen molar-refractivity contribution in [3.63, 3.8) is 0 Å². The number of benzene rings is 1. The third kappa shape index (κ3) is 13.0. The second-order valence-electron chi connectivity index (χ2n) is 9.21. The highest BCUT2D eigenvalue weighted by Crippen LogP contribution is 2.45. The Labute approximate surface area is 207 Å². The topological polar surface area (TPSA) is 125 Å². The Morgan fingerprint density at radius 2 is 1.71 bits per heavy atom. The van der Waals surface area contributed by atoms with Crippen molar-refractivity contribution >= 4 is 25.4 Å². The minimum absolute atomic E-state index is 0.0151. The number of hydrogen-bond donors (Lipinski definition) is 2. The summed E-state index contributed by atoms with van der Waals surface area (Å²) in [5.41, 5.74) is 0. The molecule has 9 nitrogen and oxygen atoms in total. The van der Waals surface area contributed by atoms with E-state index in [4.69, 9.17) is 30.5 Å². The maximum absolute atomic E-state index is 12.4. The number of nitrogens with zero attached hydrogens (tertiary/aromatic N) is 1. The fraction of sp³-hybridized carbons (Fsp3) is 0.696. The van der Waals surface area contributed by atoms with E-state index in [2.05, 4.69) is 6.92 Å². The number of rotatable bonds is 18. The fourth-order valence-corrected chi connectivity index (χ4v) is 4.37. The van der Waals surface area contributed by atoms with Gasteiger partial charge in [-0.3, -0.25) is 13.8 Å². The second-order valence-corrected chi connectivity index (χ2v) is 11.1. The molecule has 0 saturated carbocycles. The van der Waals surface area contributed by atoms with Crippen LogP contribution in [0.2, 0.25) is 5.02 Å². The van der Waals surface area contributed by atoms with Gasteiger partial charge >= 0.3 is 13.8 Å². The van der Waals surface area contributed by atoms with E-state index in [1.54, 1.807) is 33.3 Å². The van der Waals surface area contributed by atoms with Crippen LogP contribution in [-0.4, -0.2) is 66.6 Å². The summed E-state index contributed by atoms with van der Waals surface area (Å²) in [4.78, 5) is 21.0. The smallest absolute Gasteiger partial charge is 0.472 e. The highest BCUT2D eigenvalue weighted by Gasteiger charge is 2.34. The van der Waals surface area contributed by atoms with Crippen LogP contribution in [0.25, 0.3) is 0 Å². The van der Waals surface area contributed by atoms with E-state index in [9.17, 15) is 19.4 Å². The van der Waals surface area contributed by atoms with Crippen molar-refractivity contribution in [2.24, 2.45) is 0 Å². The van der Waals surface area contributed by atoms with Crippen LogP contribution in [0.5, 0.6) is 5.75 Å². The number of carboxylic acid groups (broad SMARTS) is 1. The van der Waals surface area contributed by atoms with Crippen molar-refractivity contribution in [1.82, 2.24) is 0 Å². The lowest BCUT2D eigenvalue weighted by molar-refractivity contribution is -0.973. The standard InChI is InChI=1S/C23H39ClNO8P/c1-5-19(32-20-14-12-18(24)13-15-20)11-9-7-6-8-10-16-31-34(29,30)33-21(17-22(26)27)23(28)25(2,3)4/h12-15,19,21,23H,5-11,16-17H2,1-4H3,(H,26,27)(H,29,30)/t19?,21-,23?/m1/s1. The van der Waals surface area contributed by atoms with Crippen LogP contribution in [0.3, 0.4) is 0 Å². The number of phosphoric acid groups is 1. The molecule has 0 aliphatic rings. The van der Waals surface area contributed by atoms with Crippen molar-refractivity contribution < 1.29 is 42.7 Å². The molecule has 0 aliphatic carbocycles. The molecule has 0 saturated heterocycles. The lowest BCUT2D eigenvalue weighted by Crippen LogP contribution is -2.60. The van der Waals surface area contributed by atoms with Gasteiger partial charge in [0.25, 0.3) is 0 Å². The van der Waals surface area contributed by atoms with E-state index in [1.165, 1.54) is 0 Å². The first-order chi connectivity index (χ1) is 15.8. The van der Waals surface area contributed by atoms with Gasteiger partial charge in [0.1, 0.15) is 11.9 Å². The fourth-order valence-electron chi connectivity index (χ4n) is 3.30. The summed E-state index contributed by atoms with van der Waals surface area (Å²) in [5.74, 6) is -0.484. The van der Waals surface area contributed by atoms with Crippen LogP contribution < -0.4 is 9.84 Å². The Morgan fingerprint density at radius 3 is 2.26 bits per heavy atom. The second kappa shape index (κ2) is 15.0. The van der Waals surface area contributed by atoms with E-state index in [0.717, 1.165) is 44.3 Å². The van der Waals surface area contributed by atoms with Crippen molar-refractivity contribution in [3.05, 3.63) is 29.3 Å². The molecule has 0 fully saturated rings. The molecule has 0 amide bonds. The van der Waals surface area contributed by atoms with Crippen LogP contribution in [0, 0.1) is 0 Å². The third-order valence-electron chi connectivity index (χ3n) is 5.22. The average Bonchev–Trinajstić information content (AvgIpc) is 2.73. The molecule has 2 N–H and O–H groups in total. The summed E-state index contributed by atoms with van der Waals surface area (Å²) in [6, 6.07) is 7.32. The van der Waals surface area contributed by atoms with Crippen molar-refractivity contribution in [3.8, 4) is 5.75 Å². The van der Waals surface area contributed by atoms with Crippen molar-refractivity contribution in [1.29, 1.82) is 0 Å². The molecular weight excluding hydrogens is 485 g/mol. The first-order valence-electron chi connectivity index (χ1n) is 11.6. The molecular formula is C23H39ClNO8P. The number of hydrogen-bond acceptors (Lipinski definition) is 6. The Bertz CT molecular complexity index is 771. The minimum Gasteiger partial charge on any atom is -0.804 e. The lowest BCUT2D eigenvalue weighted by atomic mass is 10.1. The number of carboxylic acids is 1. The zero-order valence-electron chi connectivity index (χ0n) is 20.5. The molecule has 0 aliphatic heterocycles. The van der Waals surface area contributed by atoms with E-state index in [-0.39, 0.29) is 17.2 Å². The Hall–Kier alpha value is -1.19. The SMILES string of the molecule is CCC(CCCCCCCOP(=O)(O)O[C@H](CC(=O)O)C([O-])[N+](C)(C)C)Oc1ccc(Cl)cc1. The molecule has 3 unspecified atom stereocenters. The van der Waals surface area contributed by atoms with Crippen molar-refractivity contribution in [2.75, 3.05) is 27.7 Å². The van der Waals surface area contributed by atoms with E-state index < -0.39 is 32.5 Å². The molecule has 0 radical (unpaired) electrons. The number of unbranched alkanes of at least 4 members (excludes halogenated alkanes) is 4. The Morgan fingerprint density at radius 1 is 1.12 bits per heavy atom. The first kappa shape index (κ1) is 30.8. The van der Waals surface area contributed by atoms with Crippen LogP contribution >= 0.6 is 19.4 Å². The number of halogens is 1. The summed E-state index contributed by atoms with van der Waals surface area (Å²) in [6.07, 6.45) is 2.52. The minimum atomic E-state index is -4.54. The first-order valence-corrected chi connectivity index (χ1v) is 13.5. The Balaban J connectivity index is 2.28. The molecule has 4 atom stereocenters. The predicted molar refractivity (Wildman–Crippen MR) is 129 cm³/mol. The highest BCUT2D eigenvalue weighted by molar-refractivity contribution is 7.47. The summed E-state index contributed by atoms with van der Waals surface area (Å²) in [5, 5.41) is 22.1. The number of carbonyl (C=O) groups is 1.